The van der Waals surface area contributed by atoms with Gasteiger partial charge in [-0.05, 0) is 378 Å². The van der Waals surface area contributed by atoms with Crippen molar-refractivity contribution in [1.29, 1.82) is 0 Å². The first-order valence-electron chi connectivity index (χ1n) is 59.6. The van der Waals surface area contributed by atoms with Crippen molar-refractivity contribution in [3.05, 3.63) is 0 Å². The molecule has 10 unspecified atom stereocenters. The molecule has 18 rings (SSSR count). The van der Waals surface area contributed by atoms with Crippen molar-refractivity contribution in [3.63, 3.8) is 0 Å². The lowest BCUT2D eigenvalue weighted by molar-refractivity contribution is -0.184. The van der Waals surface area contributed by atoms with Crippen LogP contribution in [0.4, 0.5) is 26.3 Å². The van der Waals surface area contributed by atoms with E-state index in [1.807, 2.05) is 60.3 Å². The minimum Gasteiger partial charge on any atom is -0.346 e. The van der Waals surface area contributed by atoms with Gasteiger partial charge in [0.1, 0.15) is 6.04 Å². The minimum atomic E-state index is -4.08. The molecule has 11 saturated heterocycles. The Kier molecular flexibility index (Phi) is 45.0. The van der Waals surface area contributed by atoms with E-state index in [-0.39, 0.29) is 49.3 Å². The normalized spacial score (nSPS) is 34.1. The molecule has 818 valence electrons. The Morgan fingerprint density at radius 2 is 0.597 bits per heavy atom. The second kappa shape index (κ2) is 51.5. The Bertz CT molecular complexity index is 3290. The number of hydrogen-bond donors (Lipinski definition) is 0. The fraction of sp³-hybridized carbons (Fsp3) is 1.00. The lowest BCUT2D eigenvalue weighted by Gasteiger charge is -2.40. The van der Waals surface area contributed by atoms with Crippen LogP contribution in [-0.2, 0) is 9.47 Å². The van der Waals surface area contributed by atoms with Crippen molar-refractivity contribution in [1.82, 2.24) is 49.0 Å². The topological polar surface area (TPSA) is 50.9 Å². The van der Waals surface area contributed by atoms with E-state index in [1.165, 1.54) is 174 Å². The van der Waals surface area contributed by atoms with E-state index in [0.29, 0.717) is 36.3 Å². The van der Waals surface area contributed by atoms with Gasteiger partial charge in [-0.3, -0.25) is 49.0 Å². The molecule has 7 aliphatic carbocycles. The Morgan fingerprint density at radius 3 is 0.899 bits per heavy atom. The lowest BCUT2D eigenvalue weighted by Crippen LogP contribution is -2.49. The molecule has 0 aromatic heterocycles. The van der Waals surface area contributed by atoms with E-state index in [0.717, 1.165) is 216 Å². The molecule has 18 fully saturated rings. The van der Waals surface area contributed by atoms with E-state index in [2.05, 4.69) is 261 Å². The van der Waals surface area contributed by atoms with Gasteiger partial charge in [0.25, 0.3) is 0 Å². The Labute approximate surface area is 856 Å². The summed E-state index contributed by atoms with van der Waals surface area (Å²) in [5.74, 6) is 11.0. The second-order valence-electron chi connectivity index (χ2n) is 55.9. The quantitative estimate of drug-likeness (QED) is 0.109. The second-order valence-corrected chi connectivity index (χ2v) is 55.9. The number of alkyl halides is 6. The highest BCUT2D eigenvalue weighted by Gasteiger charge is 2.59. The summed E-state index contributed by atoms with van der Waals surface area (Å²) in [5.41, 5.74) is 2.25. The van der Waals surface area contributed by atoms with Crippen LogP contribution in [0.2, 0.25) is 0 Å². The summed E-state index contributed by atoms with van der Waals surface area (Å²) in [6.45, 7) is 99.2. The van der Waals surface area contributed by atoms with Gasteiger partial charge in [-0.15, -0.1) is 0 Å². The summed E-state index contributed by atoms with van der Waals surface area (Å²) in [4.78, 5) is 25.5. The maximum absolute atomic E-state index is 12.8. The fourth-order valence-electron chi connectivity index (χ4n) is 30.9. The maximum Gasteiger partial charge on any atom is 0.404 e. The predicted molar refractivity (Wildman–Crippen MR) is 580 cm³/mol. The van der Waals surface area contributed by atoms with Crippen molar-refractivity contribution in [2.75, 3.05) is 52.5 Å². The standard InChI is InChI=1S/2C14H27N.C13H25N.C12H23NO2.2C12H23N.2C11H20F3N.2C11H21N/c1-11(2)13-9-14(7-5-6-8-14)10-15(13)12(3)4;1-10(2)14-9-12-7-5-6-8-13(12)15(14)11(3)4;1-10(2)12-8-13(6-5-7-13)9-14(12)11(3)4;1-9(2)11-7-12(14-5-6-15-12)8-13(11)10(3)4;1-9(2)11-7-12(5-6-12)8-13(11)10(3)4;1-8(2)12-7-10-5-6-11(10)13(12)9(3)4;1-7(2)10-5-9(11(12,13)14)6-15(10)8(3)4;1-7(2)9-5-6-10(11(12,13)14)15(9)8(3)4;1-7(2)11-10-5-9(10)6-12(11)8(3)4;1-7(2)10-5-9-6-11(9)12(10)8(3)4/h11-13H,5-10H2,1-4H3;10-14H,5-9H2,1-4H3;10-12H,5-9H2,1-4H3;9-11H,5-8H2,1-4H3;9-11H,5-8H2,1-4H3;8-12H,5-7H2,1-4H3;2*7-10H,5-6H2,1-4H3;2*7-11H,5-6H2,1-4H3/t13-;12?,13?,14-;12-;2*11-;10?,11?,12-;9?,10-;9-,10?;9?,10?,11-;9?,10-,11?/m0000000010/s1. The van der Waals surface area contributed by atoms with Crippen LogP contribution in [0.3, 0.4) is 0 Å². The van der Waals surface area contributed by atoms with Crippen LogP contribution in [-0.4, -0.2) is 265 Å². The Hall–Kier alpha value is -0.900. The minimum absolute atomic E-state index is 0.0356. The molecular formula is C121H230F6N10O2. The summed E-state index contributed by atoms with van der Waals surface area (Å²) in [6.07, 6.45) is 28.3. The Morgan fingerprint density at radius 1 is 0.245 bits per heavy atom. The molecule has 7 saturated carbocycles. The van der Waals surface area contributed by atoms with Gasteiger partial charge in [0.2, 0.25) is 0 Å². The average molecular weight is 1970 g/mol. The molecular weight excluding hydrogens is 1740 g/mol. The van der Waals surface area contributed by atoms with E-state index in [4.69, 9.17) is 9.47 Å². The monoisotopic (exact) mass is 1970 g/mol. The molecule has 12 nitrogen and oxygen atoms in total. The van der Waals surface area contributed by atoms with Crippen molar-refractivity contribution in [2.45, 2.75) is 613 Å². The van der Waals surface area contributed by atoms with Crippen molar-refractivity contribution < 1.29 is 35.8 Å². The SMILES string of the molecule is CC(C)[C@@H]1C2CC2CN1C(C)C.CC(C)[C@@H]1CC(C(F)(F)F)CN1C(C)C.CC(C)[C@@H]1CC2(CC2)CN1C(C)C.CC(C)[C@@H]1CC2(CCC2)CN1C(C)C.CC(C)[C@@H]1CC2(CCCC2)CN1C(C)C.CC(C)[C@@H]1CC2(CN1C(C)C)OCCO2.CC(C)[C@@H]1CC2CC2N1C(C)C.CC(C)[C@@H]1CC2CCC2N1C(C)C.CC(C)[C@@H]1CC2CCCCC2N1C(C)C.CC(C)[C@@H]1CCC(C(F)(F)F)N1C(C)C. The summed E-state index contributed by atoms with van der Waals surface area (Å²) < 4.78 is 87.7. The van der Waals surface area contributed by atoms with Crippen LogP contribution in [0.25, 0.3) is 0 Å². The van der Waals surface area contributed by atoms with Gasteiger partial charge in [-0.25, -0.2) is 0 Å². The van der Waals surface area contributed by atoms with Crippen molar-refractivity contribution in [3.8, 4) is 0 Å². The molecule has 0 aromatic carbocycles. The molecule has 0 N–H and O–H groups in total. The first kappa shape index (κ1) is 122. The summed E-state index contributed by atoms with van der Waals surface area (Å²) in [7, 11) is 0. The zero-order valence-corrected chi connectivity index (χ0v) is 98.4. The van der Waals surface area contributed by atoms with Gasteiger partial charge in [0, 0.05) is 178 Å². The average Bonchev–Trinajstić information content (AvgIpc) is 1.61. The highest BCUT2D eigenvalue weighted by atomic mass is 19.4. The van der Waals surface area contributed by atoms with Crippen molar-refractivity contribution >= 4 is 0 Å². The predicted octanol–water partition coefficient (Wildman–Crippen LogP) is 30.0. The molecule has 139 heavy (non-hydrogen) atoms. The first-order valence-corrected chi connectivity index (χ1v) is 59.6. The van der Waals surface area contributed by atoms with Gasteiger partial charge in [0.15, 0.2) is 5.79 Å². The largest absolute Gasteiger partial charge is 0.404 e. The number of hydrogen-bond acceptors (Lipinski definition) is 12. The third kappa shape index (κ3) is 31.2. The van der Waals surface area contributed by atoms with E-state index < -0.39 is 24.3 Å². The zero-order chi connectivity index (χ0) is 104. The van der Waals surface area contributed by atoms with Gasteiger partial charge in [0.05, 0.1) is 25.7 Å². The van der Waals surface area contributed by atoms with E-state index >= 15 is 0 Å². The van der Waals surface area contributed by atoms with E-state index in [9.17, 15) is 26.3 Å². The molecule has 20 atom stereocenters. The number of fused-ring (bicyclic) bond motifs is 4. The zero-order valence-electron chi connectivity index (χ0n) is 98.4. The molecule has 11 aliphatic heterocycles. The molecule has 0 amide bonds. The summed E-state index contributed by atoms with van der Waals surface area (Å²) in [5, 5.41) is 0. The van der Waals surface area contributed by atoms with Crippen LogP contribution >= 0.6 is 0 Å². The number of rotatable bonds is 20. The highest BCUT2D eigenvalue weighted by Crippen LogP contribution is 2.59. The number of likely N-dealkylation sites (tertiary alicyclic amines) is 10. The molecule has 4 spiro atoms. The van der Waals surface area contributed by atoms with Crippen molar-refractivity contribution in [2.24, 2.45) is 111 Å². The summed E-state index contributed by atoms with van der Waals surface area (Å²) in [6, 6.07) is 14.4. The third-order valence-electron chi connectivity index (χ3n) is 39.0. The lowest BCUT2D eigenvalue weighted by atomic mass is 9.67. The number of nitrogens with zero attached hydrogens (tertiary/aromatic N) is 10. The van der Waals surface area contributed by atoms with Gasteiger partial charge in [-0.1, -0.05) is 171 Å². The van der Waals surface area contributed by atoms with Gasteiger partial charge in [-0.2, -0.15) is 26.3 Å². The smallest absolute Gasteiger partial charge is 0.346 e. The number of piperidine rings is 2. The van der Waals surface area contributed by atoms with Gasteiger partial charge >= 0.3 is 12.4 Å². The maximum atomic E-state index is 12.8. The fourth-order valence-corrected chi connectivity index (χ4v) is 30.9. The van der Waals surface area contributed by atoms with Gasteiger partial charge < -0.3 is 9.47 Å². The van der Waals surface area contributed by atoms with Crippen LogP contribution in [0, 0.1) is 111 Å². The summed E-state index contributed by atoms with van der Waals surface area (Å²) >= 11 is 0. The molecule has 0 radical (unpaired) electrons. The third-order valence-corrected chi connectivity index (χ3v) is 39.0. The highest BCUT2D eigenvalue weighted by molar-refractivity contribution is 5.11. The number of ether oxygens (including phenoxy) is 2. The van der Waals surface area contributed by atoms with Crippen LogP contribution in [0.5, 0.6) is 0 Å². The first-order chi connectivity index (χ1) is 64.6. The van der Waals surface area contributed by atoms with Crippen LogP contribution in [0.15, 0.2) is 0 Å². The van der Waals surface area contributed by atoms with Crippen LogP contribution < -0.4 is 0 Å². The van der Waals surface area contributed by atoms with Crippen LogP contribution in [0.1, 0.15) is 450 Å². The molecule has 0 bridgehead atoms. The number of halogens is 6. The molecule has 18 aliphatic rings. The molecule has 0 aromatic rings. The molecule has 18 heteroatoms. The Balaban J connectivity index is 0.000000173. The van der Waals surface area contributed by atoms with E-state index in [1.54, 1.807) is 4.90 Å². The molecule has 11 heterocycles.